The van der Waals surface area contributed by atoms with Gasteiger partial charge in [-0.1, -0.05) is 11.3 Å². The van der Waals surface area contributed by atoms with Crippen LogP contribution in [-0.4, -0.2) is 39.8 Å². The van der Waals surface area contributed by atoms with Crippen LogP contribution >= 0.6 is 11.3 Å². The van der Waals surface area contributed by atoms with Gasteiger partial charge in [-0.15, -0.1) is 0 Å². The normalized spacial score (nSPS) is 11.2. The van der Waals surface area contributed by atoms with Crippen molar-refractivity contribution in [2.75, 3.05) is 13.2 Å². The third-order valence-electron chi connectivity index (χ3n) is 2.11. The van der Waals surface area contributed by atoms with E-state index in [4.69, 9.17) is 10.2 Å². The molecule has 0 saturated heterocycles. The summed E-state index contributed by atoms with van der Waals surface area (Å²) in [4.78, 5) is 21.7. The predicted molar refractivity (Wildman–Crippen MR) is 61.0 cm³/mol. The van der Waals surface area contributed by atoms with Crippen LogP contribution in [0.3, 0.4) is 0 Å². The Morgan fingerprint density at radius 2 is 2.12 bits per heavy atom. The molecule has 0 aliphatic heterocycles. The number of carbonyl (C=O) groups is 1. The molecule has 0 spiro atoms. The number of hydrogen-bond acceptors (Lipinski definition) is 6. The first-order chi connectivity index (χ1) is 7.91. The van der Waals surface area contributed by atoms with Crippen molar-refractivity contribution < 1.29 is 19.9 Å². The maximum Gasteiger partial charge on any atom is 0.324 e. The summed E-state index contributed by atoms with van der Waals surface area (Å²) in [6, 6.07) is 2.56. The van der Waals surface area contributed by atoms with Crippen molar-refractivity contribution in [1.29, 1.82) is 0 Å². The van der Waals surface area contributed by atoms with Crippen molar-refractivity contribution in [2.45, 2.75) is 12.5 Å². The molecule has 1 amide bonds. The molecule has 8 heteroatoms. The number of hydrogen-bond donors (Lipinski definition) is 3. The molecule has 1 heterocycles. The number of aliphatic hydroxyl groups is 2. The number of amides is 1. The molecule has 0 aliphatic carbocycles. The molecule has 94 valence electrons. The number of rotatable bonds is 5. The van der Waals surface area contributed by atoms with Crippen LogP contribution in [0.5, 0.6) is 0 Å². The van der Waals surface area contributed by atoms with E-state index in [1.54, 1.807) is 0 Å². The van der Waals surface area contributed by atoms with Crippen molar-refractivity contribution in [1.82, 2.24) is 5.32 Å². The van der Waals surface area contributed by atoms with Crippen molar-refractivity contribution in [3.8, 4) is 0 Å². The quantitative estimate of drug-likeness (QED) is 0.514. The molecule has 1 aromatic rings. The van der Waals surface area contributed by atoms with Crippen molar-refractivity contribution in [2.24, 2.45) is 0 Å². The van der Waals surface area contributed by atoms with Crippen molar-refractivity contribution >= 4 is 22.2 Å². The minimum Gasteiger partial charge on any atom is -0.394 e. The molecule has 1 rings (SSSR count). The van der Waals surface area contributed by atoms with Gasteiger partial charge in [-0.05, 0) is 13.0 Å². The third-order valence-corrected chi connectivity index (χ3v) is 3.14. The Morgan fingerprint density at radius 3 is 2.53 bits per heavy atom. The summed E-state index contributed by atoms with van der Waals surface area (Å²) < 4.78 is 0. The maximum absolute atomic E-state index is 11.7. The van der Waals surface area contributed by atoms with Gasteiger partial charge in [0.05, 0.1) is 28.6 Å². The average Bonchev–Trinajstić information content (AvgIpc) is 2.78. The van der Waals surface area contributed by atoms with E-state index in [0.29, 0.717) is 0 Å². The first-order valence-corrected chi connectivity index (χ1v) is 5.52. The summed E-state index contributed by atoms with van der Waals surface area (Å²) in [5, 5.41) is 30.7. The largest absolute Gasteiger partial charge is 0.394 e. The van der Waals surface area contributed by atoms with E-state index in [2.05, 4.69) is 5.32 Å². The van der Waals surface area contributed by atoms with Gasteiger partial charge >= 0.3 is 5.00 Å². The molecular weight excluding hydrogens is 248 g/mol. The Kier molecular flexibility index (Phi) is 4.16. The van der Waals surface area contributed by atoms with Crippen LogP contribution in [0.25, 0.3) is 0 Å². The zero-order valence-corrected chi connectivity index (χ0v) is 9.86. The van der Waals surface area contributed by atoms with Crippen molar-refractivity contribution in [3.63, 3.8) is 0 Å². The van der Waals surface area contributed by atoms with Gasteiger partial charge < -0.3 is 15.5 Å². The van der Waals surface area contributed by atoms with E-state index >= 15 is 0 Å². The second-order valence-corrected chi connectivity index (χ2v) is 4.79. The van der Waals surface area contributed by atoms with Gasteiger partial charge in [0.25, 0.3) is 5.91 Å². The SMILES string of the molecule is CC(CO)(CO)NC(=O)c1ccc([N+](=O)[O-])s1. The van der Waals surface area contributed by atoms with Gasteiger partial charge in [0.15, 0.2) is 0 Å². The summed E-state index contributed by atoms with van der Waals surface area (Å²) in [6.07, 6.45) is 0. The molecular formula is C9H12N2O5S. The van der Waals surface area contributed by atoms with Crippen LogP contribution < -0.4 is 5.32 Å². The smallest absolute Gasteiger partial charge is 0.324 e. The zero-order chi connectivity index (χ0) is 13.1. The van der Waals surface area contributed by atoms with E-state index in [0.717, 1.165) is 11.3 Å². The molecule has 0 unspecified atom stereocenters. The highest BCUT2D eigenvalue weighted by Crippen LogP contribution is 2.24. The summed E-state index contributed by atoms with van der Waals surface area (Å²) in [5.41, 5.74) is -1.14. The number of aliphatic hydroxyl groups excluding tert-OH is 2. The second-order valence-electron chi connectivity index (χ2n) is 3.73. The molecule has 3 N–H and O–H groups in total. The Labute approximate surface area is 101 Å². The number of nitrogens with one attached hydrogen (secondary N) is 1. The van der Waals surface area contributed by atoms with E-state index in [9.17, 15) is 14.9 Å². The third kappa shape index (κ3) is 3.22. The van der Waals surface area contributed by atoms with Gasteiger partial charge in [-0.3, -0.25) is 14.9 Å². The standard InChI is InChI=1S/C9H12N2O5S/c1-9(4-12,5-13)10-8(14)6-2-3-7(17-6)11(15)16/h2-3,12-13H,4-5H2,1H3,(H,10,14). The molecule has 7 nitrogen and oxygen atoms in total. The lowest BCUT2D eigenvalue weighted by Gasteiger charge is -2.25. The number of nitro groups is 1. The Morgan fingerprint density at radius 1 is 1.53 bits per heavy atom. The van der Waals surface area contributed by atoms with Gasteiger partial charge in [0, 0.05) is 6.07 Å². The fraction of sp³-hybridized carbons (Fsp3) is 0.444. The fourth-order valence-corrected chi connectivity index (χ4v) is 1.73. The Bertz CT molecular complexity index is 427. The van der Waals surface area contributed by atoms with E-state index in [-0.39, 0.29) is 9.88 Å². The van der Waals surface area contributed by atoms with Crippen LogP contribution in [0.4, 0.5) is 5.00 Å². The summed E-state index contributed by atoms with van der Waals surface area (Å²) in [5.74, 6) is -0.561. The molecule has 0 aromatic carbocycles. The average molecular weight is 260 g/mol. The van der Waals surface area contributed by atoms with E-state index < -0.39 is 29.6 Å². The lowest BCUT2D eigenvalue weighted by atomic mass is 10.1. The van der Waals surface area contributed by atoms with Gasteiger partial charge in [0.1, 0.15) is 0 Å². The second kappa shape index (κ2) is 5.21. The number of thiophene rings is 1. The molecule has 0 saturated carbocycles. The van der Waals surface area contributed by atoms with E-state index in [1.165, 1.54) is 19.1 Å². The Balaban J connectivity index is 2.79. The Hall–Kier alpha value is -1.51. The van der Waals surface area contributed by atoms with Gasteiger partial charge in [0.2, 0.25) is 0 Å². The summed E-state index contributed by atoms with van der Waals surface area (Å²) in [6.45, 7) is 0.609. The minimum absolute atomic E-state index is 0.134. The molecule has 0 bridgehead atoms. The highest BCUT2D eigenvalue weighted by molar-refractivity contribution is 7.17. The first kappa shape index (κ1) is 13.6. The van der Waals surface area contributed by atoms with E-state index in [1.807, 2.05) is 0 Å². The van der Waals surface area contributed by atoms with Gasteiger partial charge in [-0.25, -0.2) is 0 Å². The van der Waals surface area contributed by atoms with Crippen molar-refractivity contribution in [3.05, 3.63) is 27.1 Å². The maximum atomic E-state index is 11.7. The van der Waals surface area contributed by atoms with Gasteiger partial charge in [-0.2, -0.15) is 0 Å². The van der Waals surface area contributed by atoms with Crippen LogP contribution in [0.15, 0.2) is 12.1 Å². The predicted octanol–water partition coefficient (Wildman–Crippen LogP) is 0.129. The highest BCUT2D eigenvalue weighted by Gasteiger charge is 2.26. The molecule has 0 aliphatic rings. The molecule has 0 fully saturated rings. The lowest BCUT2D eigenvalue weighted by molar-refractivity contribution is -0.380. The summed E-state index contributed by atoms with van der Waals surface area (Å²) in [7, 11) is 0. The van der Waals surface area contributed by atoms with Crippen LogP contribution in [0, 0.1) is 10.1 Å². The topological polar surface area (TPSA) is 113 Å². The molecule has 1 aromatic heterocycles. The van der Waals surface area contributed by atoms with Crippen LogP contribution in [0.2, 0.25) is 0 Å². The molecule has 0 atom stereocenters. The minimum atomic E-state index is -1.14. The molecule has 17 heavy (non-hydrogen) atoms. The zero-order valence-electron chi connectivity index (χ0n) is 9.04. The van der Waals surface area contributed by atoms with Crippen LogP contribution in [-0.2, 0) is 0 Å². The molecule has 0 radical (unpaired) electrons. The lowest BCUT2D eigenvalue weighted by Crippen LogP contribution is -2.51. The highest BCUT2D eigenvalue weighted by atomic mass is 32.1. The number of carbonyl (C=O) groups excluding carboxylic acids is 1. The summed E-state index contributed by atoms with van der Waals surface area (Å²) >= 11 is 0.736. The van der Waals surface area contributed by atoms with Crippen LogP contribution in [0.1, 0.15) is 16.6 Å². The monoisotopic (exact) mass is 260 g/mol. The first-order valence-electron chi connectivity index (χ1n) is 4.70. The fourth-order valence-electron chi connectivity index (χ4n) is 1.01. The number of nitrogens with zero attached hydrogens (tertiary/aromatic N) is 1.